The molecule has 0 bridgehead atoms. The first-order valence-electron chi connectivity index (χ1n) is 9.69. The molecule has 9 heteroatoms. The van der Waals surface area contributed by atoms with Gasteiger partial charge in [0.1, 0.15) is 24.3 Å². The van der Waals surface area contributed by atoms with Crippen molar-refractivity contribution in [1.82, 2.24) is 14.8 Å². The van der Waals surface area contributed by atoms with Crippen LogP contribution in [0.1, 0.15) is 35.9 Å². The highest BCUT2D eigenvalue weighted by molar-refractivity contribution is 5.94. The van der Waals surface area contributed by atoms with Gasteiger partial charge in [-0.3, -0.25) is 0 Å². The van der Waals surface area contributed by atoms with Gasteiger partial charge in [-0.1, -0.05) is 13.8 Å². The molecule has 4 rings (SSSR count). The van der Waals surface area contributed by atoms with Gasteiger partial charge >= 0.3 is 5.97 Å². The number of nitrogens with zero attached hydrogens (tertiary/aromatic N) is 3. The fourth-order valence-corrected chi connectivity index (χ4v) is 3.17. The molecular weight excluding hydrogens is 393 g/mol. The van der Waals surface area contributed by atoms with Crippen molar-refractivity contribution >= 4 is 17.0 Å². The third-order valence-electron chi connectivity index (χ3n) is 4.77. The average Bonchev–Trinajstić information content (AvgIpc) is 3.07. The molecule has 0 aliphatic carbocycles. The van der Waals surface area contributed by atoms with Gasteiger partial charge in [-0.05, 0) is 30.2 Å². The molecule has 158 valence electrons. The fraction of sp³-hybridized carbons (Fsp3) is 0.381. The average molecular weight is 415 g/mol. The number of fused-ring (bicyclic) bond motifs is 1. The Hall–Kier alpha value is -3.04. The number of aromatic nitrogens is 3. The minimum absolute atomic E-state index is 0.0254. The zero-order valence-corrected chi connectivity index (χ0v) is 16.7. The SMILES string of the molecule is CC(C)c1nn(-c2ccc(F)cc2)c2nc(C(=O)O)cc(OCCOC3COC3)c12. The lowest BCUT2D eigenvalue weighted by atomic mass is 10.1. The maximum atomic E-state index is 13.4. The third-order valence-corrected chi connectivity index (χ3v) is 4.77. The molecule has 1 fully saturated rings. The number of hydrogen-bond donors (Lipinski definition) is 1. The second kappa shape index (κ2) is 8.37. The van der Waals surface area contributed by atoms with Gasteiger partial charge in [0.25, 0.3) is 0 Å². The number of rotatable bonds is 8. The van der Waals surface area contributed by atoms with Crippen LogP contribution in [0.4, 0.5) is 4.39 Å². The van der Waals surface area contributed by atoms with Crippen LogP contribution in [0.25, 0.3) is 16.7 Å². The number of halogens is 1. The molecule has 1 N–H and O–H groups in total. The van der Waals surface area contributed by atoms with Gasteiger partial charge in [-0.2, -0.15) is 5.10 Å². The van der Waals surface area contributed by atoms with Crippen molar-refractivity contribution in [2.24, 2.45) is 0 Å². The van der Waals surface area contributed by atoms with E-state index in [1.54, 1.807) is 12.1 Å². The predicted octanol–water partition coefficient (Wildman–Crippen LogP) is 3.18. The molecular formula is C21H22FN3O5. The van der Waals surface area contributed by atoms with Crippen molar-refractivity contribution in [1.29, 1.82) is 0 Å². The van der Waals surface area contributed by atoms with Gasteiger partial charge in [0, 0.05) is 6.07 Å². The van der Waals surface area contributed by atoms with Gasteiger partial charge in [0.15, 0.2) is 11.3 Å². The predicted molar refractivity (Wildman–Crippen MR) is 106 cm³/mol. The van der Waals surface area contributed by atoms with E-state index in [0.717, 1.165) is 0 Å². The molecule has 1 saturated heterocycles. The maximum Gasteiger partial charge on any atom is 0.354 e. The van der Waals surface area contributed by atoms with Gasteiger partial charge < -0.3 is 19.3 Å². The van der Waals surface area contributed by atoms with Crippen molar-refractivity contribution in [2.45, 2.75) is 25.9 Å². The summed E-state index contributed by atoms with van der Waals surface area (Å²) in [6, 6.07) is 7.17. The van der Waals surface area contributed by atoms with Gasteiger partial charge in [-0.25, -0.2) is 18.9 Å². The van der Waals surface area contributed by atoms with Crippen LogP contribution in [0.2, 0.25) is 0 Å². The Morgan fingerprint density at radius 1 is 1.30 bits per heavy atom. The molecule has 0 unspecified atom stereocenters. The summed E-state index contributed by atoms with van der Waals surface area (Å²) in [5.41, 5.74) is 1.46. The monoisotopic (exact) mass is 415 g/mol. The molecule has 1 aromatic carbocycles. The maximum absolute atomic E-state index is 13.4. The van der Waals surface area contributed by atoms with Crippen molar-refractivity contribution < 1.29 is 28.5 Å². The fourth-order valence-electron chi connectivity index (χ4n) is 3.17. The summed E-state index contributed by atoms with van der Waals surface area (Å²) in [5.74, 6) is -1.15. The molecule has 2 aromatic heterocycles. The molecule has 0 amide bonds. The minimum atomic E-state index is -1.18. The number of carboxylic acids is 1. The van der Waals surface area contributed by atoms with E-state index in [2.05, 4.69) is 10.1 Å². The Morgan fingerprint density at radius 3 is 2.63 bits per heavy atom. The molecule has 0 atom stereocenters. The number of carbonyl (C=O) groups is 1. The van der Waals surface area contributed by atoms with Crippen LogP contribution in [0, 0.1) is 5.82 Å². The lowest BCUT2D eigenvalue weighted by Crippen LogP contribution is -2.37. The first-order valence-corrected chi connectivity index (χ1v) is 9.69. The molecule has 3 aromatic rings. The molecule has 30 heavy (non-hydrogen) atoms. The highest BCUT2D eigenvalue weighted by atomic mass is 19.1. The lowest BCUT2D eigenvalue weighted by Gasteiger charge is -2.25. The Bertz CT molecular complexity index is 1060. The zero-order valence-electron chi connectivity index (χ0n) is 16.7. The molecule has 3 heterocycles. The number of carboxylic acid groups (broad SMARTS) is 1. The summed E-state index contributed by atoms with van der Waals surface area (Å²) in [6.07, 6.45) is 0.0769. The van der Waals surface area contributed by atoms with Crippen molar-refractivity contribution in [3.63, 3.8) is 0 Å². The van der Waals surface area contributed by atoms with Crippen LogP contribution in [0.5, 0.6) is 5.75 Å². The Labute approximate surface area is 172 Å². The van der Waals surface area contributed by atoms with Crippen molar-refractivity contribution in [2.75, 3.05) is 26.4 Å². The summed E-state index contributed by atoms with van der Waals surface area (Å²) in [5, 5.41) is 14.8. The van der Waals surface area contributed by atoms with Gasteiger partial charge in [0.2, 0.25) is 0 Å². The number of hydrogen-bond acceptors (Lipinski definition) is 6. The highest BCUT2D eigenvalue weighted by Gasteiger charge is 2.23. The Balaban J connectivity index is 1.76. The van der Waals surface area contributed by atoms with E-state index in [1.165, 1.54) is 22.9 Å². The van der Waals surface area contributed by atoms with Gasteiger partial charge in [-0.15, -0.1) is 0 Å². The first kappa shape index (κ1) is 20.2. The van der Waals surface area contributed by atoms with Crippen LogP contribution < -0.4 is 4.74 Å². The van der Waals surface area contributed by atoms with E-state index in [-0.39, 0.29) is 30.1 Å². The second-order valence-electron chi connectivity index (χ2n) is 7.32. The van der Waals surface area contributed by atoms with E-state index in [1.807, 2.05) is 13.8 Å². The van der Waals surface area contributed by atoms with Crippen LogP contribution >= 0.6 is 0 Å². The molecule has 1 aliphatic heterocycles. The second-order valence-corrected chi connectivity index (χ2v) is 7.32. The molecule has 0 spiro atoms. The van der Waals surface area contributed by atoms with E-state index >= 15 is 0 Å². The number of aromatic carboxylic acids is 1. The molecule has 8 nitrogen and oxygen atoms in total. The van der Waals surface area contributed by atoms with Crippen LogP contribution in [0.3, 0.4) is 0 Å². The Kier molecular flexibility index (Phi) is 5.65. The number of ether oxygens (including phenoxy) is 3. The van der Waals surface area contributed by atoms with Crippen molar-refractivity contribution in [3.8, 4) is 11.4 Å². The summed E-state index contributed by atoms with van der Waals surface area (Å²) in [7, 11) is 0. The highest BCUT2D eigenvalue weighted by Crippen LogP contribution is 2.34. The van der Waals surface area contributed by atoms with Crippen LogP contribution in [-0.2, 0) is 9.47 Å². The normalized spacial score (nSPS) is 14.3. The van der Waals surface area contributed by atoms with Gasteiger partial charge in [0.05, 0.1) is 36.6 Å². The Morgan fingerprint density at radius 2 is 2.03 bits per heavy atom. The topological polar surface area (TPSA) is 95.7 Å². The molecule has 0 saturated carbocycles. The summed E-state index contributed by atoms with van der Waals surface area (Å²) < 4.78 is 31.5. The van der Waals surface area contributed by atoms with E-state index in [4.69, 9.17) is 14.2 Å². The quantitative estimate of drug-likeness (QED) is 0.565. The van der Waals surface area contributed by atoms with E-state index < -0.39 is 5.97 Å². The standard InChI is InChI=1S/C21H22FN3O5/c1-12(2)19-18-17(30-8-7-29-15-10-28-11-15)9-16(21(26)27)23-20(18)25(24-19)14-5-3-13(22)4-6-14/h3-6,9,12,15H,7-8,10-11H2,1-2H3,(H,26,27). The molecule has 0 radical (unpaired) electrons. The minimum Gasteiger partial charge on any atom is -0.490 e. The third kappa shape index (κ3) is 3.99. The summed E-state index contributed by atoms with van der Waals surface area (Å²) >= 11 is 0. The number of pyridine rings is 1. The zero-order chi connectivity index (χ0) is 21.3. The smallest absolute Gasteiger partial charge is 0.354 e. The van der Waals surface area contributed by atoms with Crippen LogP contribution in [0.15, 0.2) is 30.3 Å². The first-order chi connectivity index (χ1) is 14.4. The summed E-state index contributed by atoms with van der Waals surface area (Å²) in [6.45, 7) is 5.70. The van der Waals surface area contributed by atoms with Crippen LogP contribution in [-0.4, -0.2) is 58.4 Å². The van der Waals surface area contributed by atoms with E-state index in [9.17, 15) is 14.3 Å². The lowest BCUT2D eigenvalue weighted by molar-refractivity contribution is -0.132. The molecule has 1 aliphatic rings. The largest absolute Gasteiger partial charge is 0.490 e. The number of benzene rings is 1. The summed E-state index contributed by atoms with van der Waals surface area (Å²) in [4.78, 5) is 16.0. The van der Waals surface area contributed by atoms with E-state index in [0.29, 0.717) is 48.0 Å². The van der Waals surface area contributed by atoms with Crippen molar-refractivity contribution in [3.05, 3.63) is 47.5 Å².